The van der Waals surface area contributed by atoms with E-state index in [0.717, 1.165) is 5.56 Å². The van der Waals surface area contributed by atoms with Crippen molar-refractivity contribution in [3.63, 3.8) is 0 Å². The highest BCUT2D eigenvalue weighted by Gasteiger charge is 2.10. The molecule has 1 aromatic carbocycles. The van der Waals surface area contributed by atoms with Gasteiger partial charge >= 0.3 is 6.61 Å². The van der Waals surface area contributed by atoms with Crippen molar-refractivity contribution in [1.82, 2.24) is 5.32 Å². The van der Waals surface area contributed by atoms with Crippen molar-refractivity contribution in [2.45, 2.75) is 19.6 Å². The Kier molecular flexibility index (Phi) is 7.63. The fraction of sp³-hybridized carbons (Fsp3) is 0.500. The van der Waals surface area contributed by atoms with Gasteiger partial charge in [-0.3, -0.25) is 4.79 Å². The first kappa shape index (κ1) is 17.3. The minimum absolute atomic E-state index is 0.0553. The Morgan fingerprint density at radius 2 is 1.90 bits per heavy atom. The van der Waals surface area contributed by atoms with Crippen LogP contribution in [0.1, 0.15) is 18.5 Å². The largest absolute Gasteiger partial charge is 0.435 e. The zero-order valence-corrected chi connectivity index (χ0v) is 12.0. The summed E-state index contributed by atoms with van der Waals surface area (Å²) in [6.07, 6.45) is 0. The molecule has 0 aliphatic rings. The minimum atomic E-state index is -2.85. The number of rotatable bonds is 9. The van der Waals surface area contributed by atoms with E-state index in [1.54, 1.807) is 26.2 Å². The second-order valence-electron chi connectivity index (χ2n) is 4.28. The van der Waals surface area contributed by atoms with Crippen molar-refractivity contribution < 1.29 is 27.8 Å². The van der Waals surface area contributed by atoms with Crippen molar-refractivity contribution in [3.05, 3.63) is 29.8 Å². The Bertz CT molecular complexity index is 425. The molecule has 118 valence electrons. The first-order chi connectivity index (χ1) is 10.0. The predicted molar refractivity (Wildman–Crippen MR) is 72.3 cm³/mol. The maximum atomic E-state index is 12.0. The molecule has 1 amide bonds. The lowest BCUT2D eigenvalue weighted by atomic mass is 10.1. The fourth-order valence-corrected chi connectivity index (χ4v) is 1.61. The molecule has 1 rings (SSSR count). The molecule has 21 heavy (non-hydrogen) atoms. The van der Waals surface area contributed by atoms with Crippen LogP contribution in [0.15, 0.2) is 24.3 Å². The highest BCUT2D eigenvalue weighted by atomic mass is 19.3. The minimum Gasteiger partial charge on any atom is -0.435 e. The van der Waals surface area contributed by atoms with Crippen LogP contribution in [0.4, 0.5) is 8.78 Å². The van der Waals surface area contributed by atoms with Crippen LogP contribution < -0.4 is 10.1 Å². The molecule has 0 aliphatic carbocycles. The number of methoxy groups -OCH3 is 1. The Balaban J connectivity index is 2.40. The molecule has 1 aromatic rings. The van der Waals surface area contributed by atoms with Gasteiger partial charge in [0, 0.05) is 7.11 Å². The van der Waals surface area contributed by atoms with Crippen LogP contribution in [-0.2, 0) is 14.3 Å². The lowest BCUT2D eigenvalue weighted by Gasteiger charge is -2.15. The van der Waals surface area contributed by atoms with Crippen LogP contribution in [0.25, 0.3) is 0 Å². The summed E-state index contributed by atoms with van der Waals surface area (Å²) in [5, 5.41) is 2.74. The van der Waals surface area contributed by atoms with E-state index >= 15 is 0 Å². The van der Waals surface area contributed by atoms with E-state index in [2.05, 4.69) is 10.1 Å². The lowest BCUT2D eigenvalue weighted by molar-refractivity contribution is -0.126. The molecule has 0 fully saturated rings. The third kappa shape index (κ3) is 7.01. The SMILES string of the molecule is COCCOCC(=O)N[C@@H](C)c1ccc(OC(F)F)cc1. The van der Waals surface area contributed by atoms with Crippen molar-refractivity contribution in [3.8, 4) is 5.75 Å². The van der Waals surface area contributed by atoms with E-state index in [9.17, 15) is 13.6 Å². The molecule has 7 heteroatoms. The van der Waals surface area contributed by atoms with Crippen LogP contribution in [0, 0.1) is 0 Å². The zero-order valence-electron chi connectivity index (χ0n) is 12.0. The number of benzene rings is 1. The number of amides is 1. The molecule has 0 bridgehead atoms. The van der Waals surface area contributed by atoms with E-state index in [1.807, 2.05) is 0 Å². The molecule has 5 nitrogen and oxygen atoms in total. The molecule has 0 saturated carbocycles. The smallest absolute Gasteiger partial charge is 0.387 e. The Morgan fingerprint density at radius 3 is 2.48 bits per heavy atom. The van der Waals surface area contributed by atoms with Crippen LogP contribution in [0.3, 0.4) is 0 Å². The van der Waals surface area contributed by atoms with E-state index in [4.69, 9.17) is 9.47 Å². The Morgan fingerprint density at radius 1 is 1.24 bits per heavy atom. The summed E-state index contributed by atoms with van der Waals surface area (Å²) >= 11 is 0. The maximum Gasteiger partial charge on any atom is 0.387 e. The van der Waals surface area contributed by atoms with Gasteiger partial charge in [0.15, 0.2) is 0 Å². The number of alkyl halides is 2. The maximum absolute atomic E-state index is 12.0. The van der Waals surface area contributed by atoms with Crippen molar-refractivity contribution >= 4 is 5.91 Å². The Labute approximate surface area is 122 Å². The predicted octanol–water partition coefficient (Wildman–Crippen LogP) is 2.13. The van der Waals surface area contributed by atoms with Gasteiger partial charge < -0.3 is 19.5 Å². The van der Waals surface area contributed by atoms with Crippen molar-refractivity contribution in [1.29, 1.82) is 0 Å². The summed E-state index contributed by atoms with van der Waals surface area (Å²) in [6.45, 7) is -0.347. The molecule has 0 radical (unpaired) electrons. The molecule has 1 atom stereocenters. The monoisotopic (exact) mass is 303 g/mol. The van der Waals surface area contributed by atoms with Crippen LogP contribution >= 0.6 is 0 Å². The van der Waals surface area contributed by atoms with Gasteiger partial charge in [-0.25, -0.2) is 0 Å². The second-order valence-corrected chi connectivity index (χ2v) is 4.28. The number of carbonyl (C=O) groups excluding carboxylic acids is 1. The van der Waals surface area contributed by atoms with E-state index in [-0.39, 0.29) is 24.3 Å². The summed E-state index contributed by atoms with van der Waals surface area (Å²) in [6, 6.07) is 5.84. The van der Waals surface area contributed by atoms with Gasteiger partial charge in [-0.15, -0.1) is 0 Å². The number of hydrogen-bond acceptors (Lipinski definition) is 4. The average molecular weight is 303 g/mol. The van der Waals surface area contributed by atoms with Crippen molar-refractivity contribution in [2.75, 3.05) is 26.9 Å². The highest BCUT2D eigenvalue weighted by molar-refractivity contribution is 5.77. The van der Waals surface area contributed by atoms with Gasteiger partial charge in [-0.1, -0.05) is 12.1 Å². The summed E-state index contributed by atoms with van der Waals surface area (Å²) in [5.74, 6) is -0.179. The fourth-order valence-electron chi connectivity index (χ4n) is 1.61. The molecule has 0 saturated heterocycles. The number of carbonyl (C=O) groups is 1. The molecule has 0 unspecified atom stereocenters. The average Bonchev–Trinajstić information content (AvgIpc) is 2.43. The topological polar surface area (TPSA) is 56.8 Å². The van der Waals surface area contributed by atoms with E-state index < -0.39 is 6.61 Å². The number of hydrogen-bond donors (Lipinski definition) is 1. The third-order valence-corrected chi connectivity index (χ3v) is 2.65. The summed E-state index contributed by atoms with van der Waals surface area (Å²) in [5.41, 5.74) is 0.779. The molecule has 0 aromatic heterocycles. The summed E-state index contributed by atoms with van der Waals surface area (Å²) in [4.78, 5) is 11.6. The zero-order chi connectivity index (χ0) is 15.7. The molecule has 0 heterocycles. The standard InChI is InChI=1S/C14H19F2NO4/c1-10(17-13(18)9-20-8-7-19-2)11-3-5-12(6-4-11)21-14(15)16/h3-6,10,14H,7-9H2,1-2H3,(H,17,18)/t10-/m0/s1. The second kappa shape index (κ2) is 9.25. The number of ether oxygens (including phenoxy) is 3. The van der Waals surface area contributed by atoms with E-state index in [0.29, 0.717) is 13.2 Å². The van der Waals surface area contributed by atoms with Gasteiger partial charge in [0.25, 0.3) is 0 Å². The highest BCUT2D eigenvalue weighted by Crippen LogP contribution is 2.19. The first-order valence-electron chi connectivity index (χ1n) is 6.43. The van der Waals surface area contributed by atoms with Gasteiger partial charge in [-0.2, -0.15) is 8.78 Å². The third-order valence-electron chi connectivity index (χ3n) is 2.65. The molecular formula is C14H19F2NO4. The quantitative estimate of drug-likeness (QED) is 0.710. The summed E-state index contributed by atoms with van der Waals surface area (Å²) < 4.78 is 38.2. The van der Waals surface area contributed by atoms with Crippen LogP contribution in [0.2, 0.25) is 0 Å². The lowest BCUT2D eigenvalue weighted by Crippen LogP contribution is -2.30. The van der Waals surface area contributed by atoms with Crippen LogP contribution in [0.5, 0.6) is 5.75 Å². The van der Waals surface area contributed by atoms with Gasteiger partial charge in [0.2, 0.25) is 5.91 Å². The number of halogens is 2. The normalized spacial score (nSPS) is 12.2. The molecule has 1 N–H and O–H groups in total. The van der Waals surface area contributed by atoms with Gasteiger partial charge in [-0.05, 0) is 24.6 Å². The molecule has 0 aliphatic heterocycles. The molecular weight excluding hydrogens is 284 g/mol. The number of nitrogens with one attached hydrogen (secondary N) is 1. The first-order valence-corrected chi connectivity index (χ1v) is 6.43. The van der Waals surface area contributed by atoms with Gasteiger partial charge in [0.1, 0.15) is 12.4 Å². The van der Waals surface area contributed by atoms with E-state index in [1.165, 1.54) is 12.1 Å². The van der Waals surface area contributed by atoms with Crippen molar-refractivity contribution in [2.24, 2.45) is 0 Å². The molecule has 0 spiro atoms. The Hall–Kier alpha value is -1.73. The van der Waals surface area contributed by atoms with Crippen LogP contribution in [-0.4, -0.2) is 39.4 Å². The van der Waals surface area contributed by atoms with Gasteiger partial charge in [0.05, 0.1) is 19.3 Å². The summed E-state index contributed by atoms with van der Waals surface area (Å²) in [7, 11) is 1.55.